The Kier molecular flexibility index (Phi) is 5.91. The highest BCUT2D eigenvalue weighted by Gasteiger charge is 2.28. The van der Waals surface area contributed by atoms with E-state index in [1.54, 1.807) is 18.2 Å². The van der Waals surface area contributed by atoms with Gasteiger partial charge in [0, 0.05) is 28.2 Å². The fourth-order valence-corrected chi connectivity index (χ4v) is 5.04. The van der Waals surface area contributed by atoms with Crippen LogP contribution in [0.3, 0.4) is 0 Å². The van der Waals surface area contributed by atoms with Crippen LogP contribution in [0.2, 0.25) is 10.0 Å². The molecule has 1 unspecified atom stereocenters. The zero-order valence-corrected chi connectivity index (χ0v) is 14.0. The van der Waals surface area contributed by atoms with Gasteiger partial charge in [-0.15, -0.1) is 0 Å². The Labute approximate surface area is 136 Å². The molecule has 118 valence electrons. The van der Waals surface area contributed by atoms with E-state index in [0.29, 0.717) is 28.1 Å². The van der Waals surface area contributed by atoms with E-state index in [9.17, 15) is 8.42 Å². The molecule has 0 spiro atoms. The maximum Gasteiger partial charge on any atom is 0.216 e. The third-order valence-electron chi connectivity index (χ3n) is 3.95. The van der Waals surface area contributed by atoms with E-state index in [0.717, 1.165) is 25.7 Å². The lowest BCUT2D eigenvalue weighted by Crippen LogP contribution is -2.45. The summed E-state index contributed by atoms with van der Waals surface area (Å²) < 4.78 is 27.4. The van der Waals surface area contributed by atoms with Crippen molar-refractivity contribution < 1.29 is 8.42 Å². The highest BCUT2D eigenvalue weighted by molar-refractivity contribution is 7.88. The van der Waals surface area contributed by atoms with Gasteiger partial charge < -0.3 is 5.73 Å². The molecule has 4 nitrogen and oxygen atoms in total. The van der Waals surface area contributed by atoms with Crippen LogP contribution in [0.4, 0.5) is 0 Å². The Morgan fingerprint density at radius 3 is 2.33 bits per heavy atom. The standard InChI is InChI=1S/C14H20Cl2N2O2S/c15-12-6-3-7-13(16)11(12)9-21(19,20)18-14(8-17)10-4-1-2-5-10/h3,6-7,10,14,18H,1-2,4-5,8-9,17H2. The minimum absolute atomic E-state index is 0.209. The van der Waals surface area contributed by atoms with Gasteiger partial charge in [0.05, 0.1) is 5.75 Å². The first-order valence-corrected chi connectivity index (χ1v) is 9.46. The second-order valence-electron chi connectivity index (χ2n) is 5.46. The number of hydrogen-bond acceptors (Lipinski definition) is 3. The summed E-state index contributed by atoms with van der Waals surface area (Å²) in [5.41, 5.74) is 6.16. The van der Waals surface area contributed by atoms with E-state index in [-0.39, 0.29) is 11.8 Å². The molecule has 7 heteroatoms. The predicted molar refractivity (Wildman–Crippen MR) is 87.0 cm³/mol. The smallest absolute Gasteiger partial charge is 0.216 e. The quantitative estimate of drug-likeness (QED) is 0.828. The SMILES string of the molecule is NCC(NS(=O)(=O)Cc1c(Cl)cccc1Cl)C1CCCC1. The van der Waals surface area contributed by atoms with Gasteiger partial charge in [0.25, 0.3) is 0 Å². The largest absolute Gasteiger partial charge is 0.329 e. The highest BCUT2D eigenvalue weighted by atomic mass is 35.5. The van der Waals surface area contributed by atoms with Crippen LogP contribution < -0.4 is 10.5 Å². The van der Waals surface area contributed by atoms with Crippen LogP contribution in [-0.4, -0.2) is 21.0 Å². The van der Waals surface area contributed by atoms with E-state index < -0.39 is 10.0 Å². The van der Waals surface area contributed by atoms with Crippen molar-refractivity contribution in [3.8, 4) is 0 Å². The minimum Gasteiger partial charge on any atom is -0.329 e. The molecule has 0 heterocycles. The first-order valence-electron chi connectivity index (χ1n) is 7.06. The molecule has 21 heavy (non-hydrogen) atoms. The lowest BCUT2D eigenvalue weighted by Gasteiger charge is -2.23. The molecule has 0 aliphatic heterocycles. The van der Waals surface area contributed by atoms with Crippen LogP contribution in [0.25, 0.3) is 0 Å². The zero-order valence-electron chi connectivity index (χ0n) is 11.7. The third-order valence-corrected chi connectivity index (χ3v) is 5.99. The van der Waals surface area contributed by atoms with Crippen molar-refractivity contribution in [1.29, 1.82) is 0 Å². The third kappa shape index (κ3) is 4.57. The summed E-state index contributed by atoms with van der Waals surface area (Å²) in [7, 11) is -3.53. The number of halogens is 2. The first-order chi connectivity index (χ1) is 9.93. The molecule has 2 rings (SSSR count). The average molecular weight is 351 g/mol. The summed E-state index contributed by atoms with van der Waals surface area (Å²) in [6.07, 6.45) is 4.33. The summed E-state index contributed by atoms with van der Waals surface area (Å²) in [6, 6.07) is 4.75. The summed E-state index contributed by atoms with van der Waals surface area (Å²) >= 11 is 12.1. The Bertz CT molecular complexity index is 566. The lowest BCUT2D eigenvalue weighted by atomic mass is 9.99. The monoisotopic (exact) mass is 350 g/mol. The van der Waals surface area contributed by atoms with Crippen molar-refractivity contribution >= 4 is 33.2 Å². The van der Waals surface area contributed by atoms with Crippen LogP contribution in [0, 0.1) is 5.92 Å². The van der Waals surface area contributed by atoms with Crippen molar-refractivity contribution in [3.05, 3.63) is 33.8 Å². The summed E-state index contributed by atoms with van der Waals surface area (Å²) in [5, 5.41) is 0.719. The average Bonchev–Trinajstić information content (AvgIpc) is 2.94. The van der Waals surface area contributed by atoms with Crippen molar-refractivity contribution in [2.45, 2.75) is 37.5 Å². The molecule has 1 atom stereocenters. The van der Waals surface area contributed by atoms with Gasteiger partial charge in [-0.3, -0.25) is 0 Å². The number of rotatable bonds is 6. The lowest BCUT2D eigenvalue weighted by molar-refractivity contribution is 0.405. The molecule has 1 fully saturated rings. The van der Waals surface area contributed by atoms with Gasteiger partial charge in [-0.1, -0.05) is 42.1 Å². The number of nitrogens with one attached hydrogen (secondary N) is 1. The van der Waals surface area contributed by atoms with Crippen molar-refractivity contribution in [3.63, 3.8) is 0 Å². The van der Waals surface area contributed by atoms with Crippen molar-refractivity contribution in [2.24, 2.45) is 11.7 Å². The second-order valence-corrected chi connectivity index (χ2v) is 8.03. The van der Waals surface area contributed by atoms with Gasteiger partial charge in [-0.05, 0) is 30.9 Å². The van der Waals surface area contributed by atoms with Crippen molar-refractivity contribution in [2.75, 3.05) is 6.54 Å². The number of benzene rings is 1. The summed E-state index contributed by atoms with van der Waals surface area (Å²) in [6.45, 7) is 0.306. The second kappa shape index (κ2) is 7.29. The number of nitrogens with two attached hydrogens (primary N) is 1. The number of hydrogen-bond donors (Lipinski definition) is 2. The molecule has 0 bridgehead atoms. The fraction of sp³-hybridized carbons (Fsp3) is 0.571. The minimum atomic E-state index is -3.53. The molecular formula is C14H20Cl2N2O2S. The normalized spacial score (nSPS) is 18.0. The molecule has 1 aliphatic carbocycles. The van der Waals surface area contributed by atoms with Gasteiger partial charge >= 0.3 is 0 Å². The Balaban J connectivity index is 2.10. The molecule has 0 aromatic heterocycles. The molecule has 1 saturated carbocycles. The predicted octanol–water partition coefficient (Wildman–Crippen LogP) is 2.93. The maximum absolute atomic E-state index is 12.3. The van der Waals surface area contributed by atoms with Gasteiger partial charge in [0.1, 0.15) is 0 Å². The van der Waals surface area contributed by atoms with Gasteiger partial charge in [0.2, 0.25) is 10.0 Å². The molecule has 3 N–H and O–H groups in total. The molecule has 0 saturated heterocycles. The van der Waals surface area contributed by atoms with E-state index in [4.69, 9.17) is 28.9 Å². The van der Waals surface area contributed by atoms with Gasteiger partial charge in [0.15, 0.2) is 0 Å². The summed E-state index contributed by atoms with van der Waals surface area (Å²) in [4.78, 5) is 0. The van der Waals surface area contributed by atoms with E-state index in [2.05, 4.69) is 4.72 Å². The van der Waals surface area contributed by atoms with E-state index >= 15 is 0 Å². The van der Waals surface area contributed by atoms with E-state index in [1.165, 1.54) is 0 Å². The first kappa shape index (κ1) is 17.0. The number of sulfonamides is 1. The van der Waals surface area contributed by atoms with Crippen LogP contribution in [0.15, 0.2) is 18.2 Å². The van der Waals surface area contributed by atoms with E-state index in [1.807, 2.05) is 0 Å². The molecular weight excluding hydrogens is 331 g/mol. The fourth-order valence-electron chi connectivity index (χ4n) is 2.83. The Morgan fingerprint density at radius 1 is 1.24 bits per heavy atom. The zero-order chi connectivity index (χ0) is 15.5. The highest BCUT2D eigenvalue weighted by Crippen LogP contribution is 2.29. The molecule has 1 aliphatic rings. The molecule has 1 aromatic carbocycles. The van der Waals surface area contributed by atoms with Crippen molar-refractivity contribution in [1.82, 2.24) is 4.72 Å². The maximum atomic E-state index is 12.3. The topological polar surface area (TPSA) is 72.2 Å². The Hall–Kier alpha value is -0.330. The van der Waals surface area contributed by atoms with Crippen LogP contribution >= 0.6 is 23.2 Å². The van der Waals surface area contributed by atoms with Gasteiger partial charge in [-0.2, -0.15) is 0 Å². The van der Waals surface area contributed by atoms with Crippen LogP contribution in [0.5, 0.6) is 0 Å². The van der Waals surface area contributed by atoms with Crippen LogP contribution in [-0.2, 0) is 15.8 Å². The molecule has 0 radical (unpaired) electrons. The summed E-state index contributed by atoms with van der Waals surface area (Å²) in [5.74, 6) is 0.0980. The van der Waals surface area contributed by atoms with Gasteiger partial charge in [-0.25, -0.2) is 13.1 Å². The Morgan fingerprint density at radius 2 is 1.81 bits per heavy atom. The molecule has 0 amide bonds. The van der Waals surface area contributed by atoms with Crippen LogP contribution in [0.1, 0.15) is 31.2 Å². The molecule has 1 aromatic rings.